The molecule has 1 N–H and O–H groups in total. The van der Waals surface area contributed by atoms with E-state index >= 15 is 0 Å². The second kappa shape index (κ2) is 6.28. The predicted molar refractivity (Wildman–Crippen MR) is 79.3 cm³/mol. The van der Waals surface area contributed by atoms with Crippen LogP contribution in [0, 0.1) is 0 Å². The minimum atomic E-state index is -0.204. The van der Waals surface area contributed by atoms with Gasteiger partial charge in [0.05, 0.1) is 0 Å². The standard InChI is InChI=1S/C15H16ClN3O2/c16-13-3-1-2-11-10-19(7-4-12(11)13)8-6-17-15(20)14-5-9-21-18-14/h1-3,5,9H,4,6-8,10H2,(H,17,20). The highest BCUT2D eigenvalue weighted by Crippen LogP contribution is 2.25. The minimum absolute atomic E-state index is 0.204. The van der Waals surface area contributed by atoms with Gasteiger partial charge in [0.25, 0.3) is 5.91 Å². The van der Waals surface area contributed by atoms with Crippen LogP contribution in [0.1, 0.15) is 21.6 Å². The summed E-state index contributed by atoms with van der Waals surface area (Å²) in [5.41, 5.74) is 2.84. The zero-order valence-electron chi connectivity index (χ0n) is 11.5. The van der Waals surface area contributed by atoms with Crippen molar-refractivity contribution in [2.45, 2.75) is 13.0 Å². The number of hydrogen-bond donors (Lipinski definition) is 1. The van der Waals surface area contributed by atoms with Gasteiger partial charge in [-0.15, -0.1) is 0 Å². The van der Waals surface area contributed by atoms with Crippen molar-refractivity contribution in [1.82, 2.24) is 15.4 Å². The van der Waals surface area contributed by atoms with E-state index in [1.807, 2.05) is 12.1 Å². The topological polar surface area (TPSA) is 58.4 Å². The van der Waals surface area contributed by atoms with Gasteiger partial charge in [0.15, 0.2) is 5.69 Å². The first-order valence-corrected chi connectivity index (χ1v) is 7.29. The van der Waals surface area contributed by atoms with Gasteiger partial charge in [-0.2, -0.15) is 0 Å². The number of nitrogens with one attached hydrogen (secondary N) is 1. The van der Waals surface area contributed by atoms with E-state index in [2.05, 4.69) is 26.0 Å². The molecule has 21 heavy (non-hydrogen) atoms. The summed E-state index contributed by atoms with van der Waals surface area (Å²) in [6.07, 6.45) is 2.34. The lowest BCUT2D eigenvalue weighted by Gasteiger charge is -2.29. The molecule has 0 fully saturated rings. The lowest BCUT2D eigenvalue weighted by Crippen LogP contribution is -2.38. The Morgan fingerprint density at radius 3 is 3.14 bits per heavy atom. The Kier molecular flexibility index (Phi) is 4.22. The summed E-state index contributed by atoms with van der Waals surface area (Å²) in [7, 11) is 0. The fraction of sp³-hybridized carbons (Fsp3) is 0.333. The highest BCUT2D eigenvalue weighted by atomic mass is 35.5. The third-order valence-corrected chi connectivity index (χ3v) is 4.03. The Bertz CT molecular complexity index is 628. The molecule has 5 nitrogen and oxygen atoms in total. The van der Waals surface area contributed by atoms with Crippen molar-refractivity contribution < 1.29 is 9.32 Å². The summed E-state index contributed by atoms with van der Waals surface area (Å²) in [6.45, 7) is 3.21. The van der Waals surface area contributed by atoms with E-state index in [4.69, 9.17) is 11.6 Å². The van der Waals surface area contributed by atoms with Gasteiger partial charge in [-0.1, -0.05) is 28.9 Å². The summed E-state index contributed by atoms with van der Waals surface area (Å²) in [4.78, 5) is 14.0. The van der Waals surface area contributed by atoms with Gasteiger partial charge in [-0.3, -0.25) is 9.69 Å². The van der Waals surface area contributed by atoms with E-state index in [1.54, 1.807) is 6.07 Å². The van der Waals surface area contributed by atoms with Crippen LogP contribution in [0.15, 0.2) is 35.1 Å². The maximum atomic E-state index is 11.7. The monoisotopic (exact) mass is 305 g/mol. The SMILES string of the molecule is O=C(NCCN1CCc2c(Cl)cccc2C1)c1ccon1. The number of nitrogens with zero attached hydrogens (tertiary/aromatic N) is 2. The van der Waals surface area contributed by atoms with Crippen LogP contribution in [0.5, 0.6) is 0 Å². The number of benzene rings is 1. The van der Waals surface area contributed by atoms with Gasteiger partial charge in [0, 0.05) is 37.3 Å². The molecular weight excluding hydrogens is 290 g/mol. The first kappa shape index (κ1) is 14.1. The predicted octanol–water partition coefficient (Wildman–Crippen LogP) is 2.12. The highest BCUT2D eigenvalue weighted by Gasteiger charge is 2.18. The zero-order valence-corrected chi connectivity index (χ0v) is 12.3. The summed E-state index contributed by atoms with van der Waals surface area (Å²) in [5.74, 6) is -0.204. The Balaban J connectivity index is 1.50. The lowest BCUT2D eigenvalue weighted by atomic mass is 10.00. The largest absolute Gasteiger partial charge is 0.364 e. The Hall–Kier alpha value is -1.85. The number of fused-ring (bicyclic) bond motifs is 1. The van der Waals surface area contributed by atoms with Crippen molar-refractivity contribution >= 4 is 17.5 Å². The molecular formula is C15H16ClN3O2. The van der Waals surface area contributed by atoms with Gasteiger partial charge >= 0.3 is 0 Å². The van der Waals surface area contributed by atoms with E-state index in [0.717, 1.165) is 31.1 Å². The molecule has 0 atom stereocenters. The summed E-state index contributed by atoms with van der Waals surface area (Å²) < 4.78 is 4.65. The smallest absolute Gasteiger partial charge is 0.273 e. The molecule has 3 rings (SSSR count). The van der Waals surface area contributed by atoms with E-state index in [0.29, 0.717) is 12.2 Å². The molecule has 2 heterocycles. The molecule has 0 aliphatic carbocycles. The quantitative estimate of drug-likeness (QED) is 0.940. The normalized spacial score (nSPS) is 14.7. The van der Waals surface area contributed by atoms with Crippen molar-refractivity contribution in [2.24, 2.45) is 0 Å². The molecule has 1 aliphatic rings. The zero-order chi connectivity index (χ0) is 14.7. The molecule has 0 saturated carbocycles. The van der Waals surface area contributed by atoms with Crippen LogP contribution >= 0.6 is 11.6 Å². The molecule has 0 radical (unpaired) electrons. The Morgan fingerprint density at radius 2 is 2.33 bits per heavy atom. The number of halogens is 1. The number of aromatic nitrogens is 1. The third-order valence-electron chi connectivity index (χ3n) is 3.67. The summed E-state index contributed by atoms with van der Waals surface area (Å²) in [6, 6.07) is 7.58. The minimum Gasteiger partial charge on any atom is -0.364 e. The van der Waals surface area contributed by atoms with Gasteiger partial charge < -0.3 is 9.84 Å². The summed E-state index contributed by atoms with van der Waals surface area (Å²) >= 11 is 6.20. The molecule has 2 aromatic rings. The average molecular weight is 306 g/mol. The fourth-order valence-corrected chi connectivity index (χ4v) is 2.85. The van der Waals surface area contributed by atoms with Gasteiger partial charge in [0.2, 0.25) is 0 Å². The van der Waals surface area contributed by atoms with Crippen LogP contribution in [-0.2, 0) is 13.0 Å². The van der Waals surface area contributed by atoms with Crippen molar-refractivity contribution in [1.29, 1.82) is 0 Å². The number of carbonyl (C=O) groups excluding carboxylic acids is 1. The van der Waals surface area contributed by atoms with Crippen LogP contribution in [0.3, 0.4) is 0 Å². The van der Waals surface area contributed by atoms with Crippen LogP contribution in [0.25, 0.3) is 0 Å². The van der Waals surface area contributed by atoms with Crippen molar-refractivity contribution in [2.75, 3.05) is 19.6 Å². The summed E-state index contributed by atoms with van der Waals surface area (Å²) in [5, 5.41) is 7.30. The van der Waals surface area contributed by atoms with Crippen LogP contribution in [0.4, 0.5) is 0 Å². The molecule has 110 valence electrons. The van der Waals surface area contributed by atoms with Crippen LogP contribution in [-0.4, -0.2) is 35.6 Å². The van der Waals surface area contributed by atoms with Crippen LogP contribution < -0.4 is 5.32 Å². The first-order valence-electron chi connectivity index (χ1n) is 6.91. The molecule has 0 spiro atoms. The molecule has 6 heteroatoms. The van der Waals surface area contributed by atoms with Crippen molar-refractivity contribution in [3.63, 3.8) is 0 Å². The number of rotatable bonds is 4. The third kappa shape index (κ3) is 3.25. The van der Waals surface area contributed by atoms with Gasteiger partial charge in [0.1, 0.15) is 6.26 Å². The lowest BCUT2D eigenvalue weighted by molar-refractivity contribution is 0.0938. The number of hydrogen-bond acceptors (Lipinski definition) is 4. The maximum Gasteiger partial charge on any atom is 0.273 e. The van der Waals surface area contributed by atoms with Gasteiger partial charge in [-0.25, -0.2) is 0 Å². The molecule has 1 aliphatic heterocycles. The van der Waals surface area contributed by atoms with Gasteiger partial charge in [-0.05, 0) is 23.6 Å². The number of carbonyl (C=O) groups is 1. The molecule has 0 unspecified atom stereocenters. The number of amides is 1. The van der Waals surface area contributed by atoms with Crippen molar-refractivity contribution in [3.05, 3.63) is 52.4 Å². The van der Waals surface area contributed by atoms with E-state index in [1.165, 1.54) is 17.4 Å². The molecule has 1 amide bonds. The molecule has 0 saturated heterocycles. The second-order valence-corrected chi connectivity index (χ2v) is 5.45. The Labute approximate surface area is 127 Å². The fourth-order valence-electron chi connectivity index (χ4n) is 2.56. The van der Waals surface area contributed by atoms with Crippen LogP contribution in [0.2, 0.25) is 5.02 Å². The highest BCUT2D eigenvalue weighted by molar-refractivity contribution is 6.31. The Morgan fingerprint density at radius 1 is 1.43 bits per heavy atom. The maximum absolute atomic E-state index is 11.7. The van der Waals surface area contributed by atoms with E-state index in [9.17, 15) is 4.79 Å². The molecule has 0 bridgehead atoms. The first-order chi connectivity index (χ1) is 10.2. The average Bonchev–Trinajstić information content (AvgIpc) is 3.01. The molecule has 1 aromatic heterocycles. The van der Waals surface area contributed by atoms with Crippen molar-refractivity contribution in [3.8, 4) is 0 Å². The van der Waals surface area contributed by atoms with E-state index in [-0.39, 0.29) is 5.91 Å². The van der Waals surface area contributed by atoms with E-state index < -0.39 is 0 Å². The second-order valence-electron chi connectivity index (χ2n) is 5.04. The molecule has 1 aromatic carbocycles.